The van der Waals surface area contributed by atoms with Crippen molar-refractivity contribution in [1.82, 2.24) is 5.32 Å². The van der Waals surface area contributed by atoms with Crippen LogP contribution in [-0.2, 0) is 11.2 Å². The molecule has 1 aromatic rings. The summed E-state index contributed by atoms with van der Waals surface area (Å²) in [6.45, 7) is 4.20. The molecule has 1 aromatic carbocycles. The molecule has 0 amide bonds. The minimum absolute atomic E-state index is 0.0767. The topological polar surface area (TPSA) is 29.1 Å². The number of halogens is 2. The Kier molecular flexibility index (Phi) is 5.55. The van der Waals surface area contributed by atoms with Crippen molar-refractivity contribution in [3.05, 3.63) is 34.6 Å². The van der Waals surface area contributed by atoms with Gasteiger partial charge in [-0.05, 0) is 49.4 Å². The summed E-state index contributed by atoms with van der Waals surface area (Å²) in [5.74, 6) is 0.607. The van der Waals surface area contributed by atoms with Gasteiger partial charge in [0.15, 0.2) is 0 Å². The third-order valence-corrected chi connectivity index (χ3v) is 4.53. The number of piperidine rings is 1. The lowest BCUT2D eigenvalue weighted by molar-refractivity contribution is -0.119. The number of ketones is 1. The van der Waals surface area contributed by atoms with Gasteiger partial charge >= 0.3 is 0 Å². The molecule has 2 rings (SSSR count). The van der Waals surface area contributed by atoms with Gasteiger partial charge in [0.2, 0.25) is 0 Å². The molecular weight excluding hydrogens is 277 g/mol. The van der Waals surface area contributed by atoms with E-state index in [1.807, 2.05) is 0 Å². The van der Waals surface area contributed by atoms with E-state index in [-0.39, 0.29) is 17.2 Å². The average Bonchev–Trinajstić information content (AvgIpc) is 2.45. The van der Waals surface area contributed by atoms with Crippen molar-refractivity contribution in [2.24, 2.45) is 11.8 Å². The fraction of sp³-hybridized carbons (Fsp3) is 0.562. The number of carbonyl (C=O) groups is 1. The zero-order valence-electron chi connectivity index (χ0n) is 11.8. The monoisotopic (exact) mass is 297 g/mol. The fourth-order valence-electron chi connectivity index (χ4n) is 2.86. The third-order valence-electron chi connectivity index (χ3n) is 4.11. The van der Waals surface area contributed by atoms with E-state index in [1.54, 1.807) is 12.1 Å². The zero-order chi connectivity index (χ0) is 14.5. The SMILES string of the molecule is CC(CC(=O)Cc1cccc(F)c1Cl)C1CCCNC1. The number of Topliss-reactive ketones (excluding diaryl/α,β-unsaturated/α-hetero) is 1. The molecule has 0 aliphatic carbocycles. The molecule has 0 bridgehead atoms. The number of rotatable bonds is 5. The minimum Gasteiger partial charge on any atom is -0.316 e. The van der Waals surface area contributed by atoms with Crippen LogP contribution in [0.3, 0.4) is 0 Å². The summed E-state index contributed by atoms with van der Waals surface area (Å²) in [5.41, 5.74) is 0.589. The molecule has 0 spiro atoms. The summed E-state index contributed by atoms with van der Waals surface area (Å²) >= 11 is 5.89. The van der Waals surface area contributed by atoms with Crippen LogP contribution in [0.2, 0.25) is 5.02 Å². The summed E-state index contributed by atoms with van der Waals surface area (Å²) in [5, 5.41) is 3.45. The first-order valence-electron chi connectivity index (χ1n) is 7.23. The summed E-state index contributed by atoms with van der Waals surface area (Å²) < 4.78 is 13.3. The molecule has 20 heavy (non-hydrogen) atoms. The molecule has 2 unspecified atom stereocenters. The van der Waals surface area contributed by atoms with Gasteiger partial charge in [0.1, 0.15) is 11.6 Å². The highest BCUT2D eigenvalue weighted by Gasteiger charge is 2.22. The maximum absolute atomic E-state index is 13.3. The molecule has 1 heterocycles. The first kappa shape index (κ1) is 15.5. The smallest absolute Gasteiger partial charge is 0.142 e. The molecule has 0 radical (unpaired) electrons. The van der Waals surface area contributed by atoms with Crippen molar-refractivity contribution >= 4 is 17.4 Å². The summed E-state index contributed by atoms with van der Waals surface area (Å²) in [7, 11) is 0. The van der Waals surface area contributed by atoms with Crippen molar-refractivity contribution in [3.8, 4) is 0 Å². The summed E-state index contributed by atoms with van der Waals surface area (Å²) in [4.78, 5) is 12.1. The van der Waals surface area contributed by atoms with Gasteiger partial charge in [-0.3, -0.25) is 4.79 Å². The predicted octanol–water partition coefficient (Wildman–Crippen LogP) is 3.62. The maximum atomic E-state index is 13.3. The van der Waals surface area contributed by atoms with Crippen LogP contribution >= 0.6 is 11.6 Å². The lowest BCUT2D eigenvalue weighted by Gasteiger charge is -2.28. The molecule has 1 fully saturated rings. The quantitative estimate of drug-likeness (QED) is 0.899. The Morgan fingerprint density at radius 1 is 1.55 bits per heavy atom. The second-order valence-corrected chi connectivity index (χ2v) is 6.09. The lowest BCUT2D eigenvalue weighted by atomic mass is 9.83. The highest BCUT2D eigenvalue weighted by molar-refractivity contribution is 6.31. The molecular formula is C16H21ClFNO. The van der Waals surface area contributed by atoms with Crippen molar-refractivity contribution in [1.29, 1.82) is 0 Å². The number of hydrogen-bond donors (Lipinski definition) is 1. The molecule has 0 aromatic heterocycles. The second-order valence-electron chi connectivity index (χ2n) is 5.72. The van der Waals surface area contributed by atoms with Crippen LogP contribution in [-0.4, -0.2) is 18.9 Å². The molecule has 2 nitrogen and oxygen atoms in total. The lowest BCUT2D eigenvalue weighted by Crippen LogP contribution is -2.34. The van der Waals surface area contributed by atoms with Crippen molar-refractivity contribution in [3.63, 3.8) is 0 Å². The Hall–Kier alpha value is -0.930. The van der Waals surface area contributed by atoms with Crippen LogP contribution in [0.25, 0.3) is 0 Å². The van der Waals surface area contributed by atoms with Crippen molar-refractivity contribution in [2.75, 3.05) is 13.1 Å². The van der Waals surface area contributed by atoms with Crippen LogP contribution in [0.15, 0.2) is 18.2 Å². The molecule has 1 N–H and O–H groups in total. The van der Waals surface area contributed by atoms with E-state index in [4.69, 9.17) is 11.6 Å². The van der Waals surface area contributed by atoms with Gasteiger partial charge in [-0.15, -0.1) is 0 Å². The van der Waals surface area contributed by atoms with Gasteiger partial charge in [0, 0.05) is 12.8 Å². The van der Waals surface area contributed by atoms with E-state index in [9.17, 15) is 9.18 Å². The standard InChI is InChI=1S/C16H21ClFNO/c1-11(13-5-3-7-19-10-13)8-14(20)9-12-4-2-6-15(18)16(12)17/h2,4,6,11,13,19H,3,5,7-10H2,1H3. The van der Waals surface area contributed by atoms with Crippen LogP contribution < -0.4 is 5.32 Å². The van der Waals surface area contributed by atoms with Gasteiger partial charge in [0.25, 0.3) is 0 Å². The maximum Gasteiger partial charge on any atom is 0.142 e. The van der Waals surface area contributed by atoms with Crippen molar-refractivity contribution < 1.29 is 9.18 Å². The zero-order valence-corrected chi connectivity index (χ0v) is 12.5. The van der Waals surface area contributed by atoms with E-state index in [0.717, 1.165) is 13.1 Å². The van der Waals surface area contributed by atoms with Crippen LogP contribution in [0, 0.1) is 17.7 Å². The Bertz CT molecular complexity index is 472. The minimum atomic E-state index is -0.457. The normalized spacial score (nSPS) is 20.6. The largest absolute Gasteiger partial charge is 0.316 e. The average molecular weight is 298 g/mol. The molecule has 0 saturated carbocycles. The van der Waals surface area contributed by atoms with E-state index in [2.05, 4.69) is 12.2 Å². The molecule has 1 saturated heterocycles. The highest BCUT2D eigenvalue weighted by atomic mass is 35.5. The number of carbonyl (C=O) groups excluding carboxylic acids is 1. The second kappa shape index (κ2) is 7.19. The summed E-state index contributed by atoms with van der Waals surface area (Å²) in [6, 6.07) is 4.63. The molecule has 110 valence electrons. The van der Waals surface area contributed by atoms with Gasteiger partial charge in [-0.1, -0.05) is 30.7 Å². The number of benzene rings is 1. The first-order valence-corrected chi connectivity index (χ1v) is 7.61. The molecule has 1 aliphatic heterocycles. The van der Waals surface area contributed by atoms with Gasteiger partial charge in [-0.2, -0.15) is 0 Å². The Morgan fingerprint density at radius 2 is 2.35 bits per heavy atom. The first-order chi connectivity index (χ1) is 9.58. The van der Waals surface area contributed by atoms with E-state index >= 15 is 0 Å². The molecule has 1 aliphatic rings. The Labute approximate surface area is 124 Å². The Balaban J connectivity index is 1.90. The summed E-state index contributed by atoms with van der Waals surface area (Å²) in [6.07, 6.45) is 3.13. The van der Waals surface area contributed by atoms with Crippen LogP contribution in [0.5, 0.6) is 0 Å². The molecule has 2 atom stereocenters. The van der Waals surface area contributed by atoms with E-state index < -0.39 is 5.82 Å². The van der Waals surface area contributed by atoms with Gasteiger partial charge < -0.3 is 5.32 Å². The predicted molar refractivity (Wildman–Crippen MR) is 79.5 cm³/mol. The highest BCUT2D eigenvalue weighted by Crippen LogP contribution is 2.25. The van der Waals surface area contributed by atoms with E-state index in [0.29, 0.717) is 23.8 Å². The third kappa shape index (κ3) is 4.03. The molecule has 4 heteroatoms. The number of hydrogen-bond acceptors (Lipinski definition) is 2. The van der Waals surface area contributed by atoms with Crippen LogP contribution in [0.1, 0.15) is 31.7 Å². The van der Waals surface area contributed by atoms with Crippen LogP contribution in [0.4, 0.5) is 4.39 Å². The van der Waals surface area contributed by atoms with Gasteiger partial charge in [0.05, 0.1) is 5.02 Å². The van der Waals surface area contributed by atoms with E-state index in [1.165, 1.54) is 18.9 Å². The Morgan fingerprint density at radius 3 is 3.05 bits per heavy atom. The van der Waals surface area contributed by atoms with Crippen molar-refractivity contribution in [2.45, 2.75) is 32.6 Å². The van der Waals surface area contributed by atoms with Gasteiger partial charge in [-0.25, -0.2) is 4.39 Å². The fourth-order valence-corrected chi connectivity index (χ4v) is 3.05. The number of nitrogens with one attached hydrogen (secondary N) is 1.